The summed E-state index contributed by atoms with van der Waals surface area (Å²) in [6.07, 6.45) is -0.830. The summed E-state index contributed by atoms with van der Waals surface area (Å²) in [6.45, 7) is 3.20. The lowest BCUT2D eigenvalue weighted by Crippen LogP contribution is -2.27. The molecule has 1 aliphatic rings. The molecule has 1 fully saturated rings. The lowest BCUT2D eigenvalue weighted by molar-refractivity contribution is -0.0224. The normalized spacial score (nSPS) is 32.2. The first-order chi connectivity index (χ1) is 5.74. The van der Waals surface area contributed by atoms with Crippen LogP contribution < -0.4 is 5.32 Å². The molecule has 0 aromatic rings. The summed E-state index contributed by atoms with van der Waals surface area (Å²) < 4.78 is 17.1. The molecule has 1 aliphatic heterocycles. The Kier molecular flexibility index (Phi) is 3.91. The van der Waals surface area contributed by atoms with E-state index in [0.29, 0.717) is 5.92 Å². The van der Waals surface area contributed by atoms with Crippen LogP contribution in [0, 0.1) is 5.92 Å². The zero-order valence-electron chi connectivity index (χ0n) is 7.29. The van der Waals surface area contributed by atoms with Crippen LogP contribution in [0.25, 0.3) is 0 Å². The Hall–Kier alpha value is -0.190. The Balaban J connectivity index is 2.13. The third kappa shape index (κ3) is 2.69. The summed E-state index contributed by atoms with van der Waals surface area (Å²) in [6, 6.07) is 0. The number of hydrogen-bond donors (Lipinski definition) is 2. The van der Waals surface area contributed by atoms with E-state index < -0.39 is 12.8 Å². The first kappa shape index (κ1) is 9.89. The van der Waals surface area contributed by atoms with Crippen molar-refractivity contribution in [2.24, 2.45) is 5.92 Å². The van der Waals surface area contributed by atoms with Crippen molar-refractivity contribution >= 4 is 0 Å². The molecule has 0 radical (unpaired) electrons. The van der Waals surface area contributed by atoms with Crippen molar-refractivity contribution in [3.63, 3.8) is 0 Å². The Morgan fingerprint density at radius 3 is 2.92 bits per heavy atom. The van der Waals surface area contributed by atoms with E-state index in [0.717, 1.165) is 13.1 Å². The number of ether oxygens (including phenoxy) is 1. The minimum absolute atomic E-state index is 0.104. The molecule has 0 spiro atoms. The van der Waals surface area contributed by atoms with Crippen LogP contribution in [-0.4, -0.2) is 43.7 Å². The highest BCUT2D eigenvalue weighted by atomic mass is 19.1. The molecule has 1 saturated heterocycles. The standard InChI is InChI=1S/C8H16FNO2/c1-6-3-10-4-8(6)12-5-7(11)2-9/h6-8,10-11H,2-5H2,1H3/t6-,7?,8-/m1/s1. The maximum atomic E-state index is 11.8. The number of nitrogens with one attached hydrogen (secondary N) is 1. The lowest BCUT2D eigenvalue weighted by Gasteiger charge is -2.16. The molecule has 3 atom stereocenters. The van der Waals surface area contributed by atoms with Crippen molar-refractivity contribution in [1.82, 2.24) is 5.32 Å². The van der Waals surface area contributed by atoms with Crippen molar-refractivity contribution in [3.8, 4) is 0 Å². The van der Waals surface area contributed by atoms with Crippen LogP contribution in [-0.2, 0) is 4.74 Å². The van der Waals surface area contributed by atoms with Gasteiger partial charge in [0, 0.05) is 13.1 Å². The van der Waals surface area contributed by atoms with Crippen LogP contribution in [0.1, 0.15) is 6.92 Å². The van der Waals surface area contributed by atoms with Gasteiger partial charge in [0.25, 0.3) is 0 Å². The molecule has 2 N–H and O–H groups in total. The number of alkyl halides is 1. The van der Waals surface area contributed by atoms with Crippen LogP contribution >= 0.6 is 0 Å². The lowest BCUT2D eigenvalue weighted by atomic mass is 10.1. The first-order valence-electron chi connectivity index (χ1n) is 4.30. The van der Waals surface area contributed by atoms with E-state index in [2.05, 4.69) is 12.2 Å². The van der Waals surface area contributed by atoms with Gasteiger partial charge in [0.2, 0.25) is 0 Å². The average Bonchev–Trinajstić information content (AvgIpc) is 2.47. The van der Waals surface area contributed by atoms with Gasteiger partial charge < -0.3 is 15.2 Å². The van der Waals surface area contributed by atoms with E-state index in [1.165, 1.54) is 0 Å². The quantitative estimate of drug-likeness (QED) is 0.632. The topological polar surface area (TPSA) is 41.5 Å². The summed E-state index contributed by atoms with van der Waals surface area (Å²) in [4.78, 5) is 0. The number of hydrogen-bond acceptors (Lipinski definition) is 3. The molecule has 0 saturated carbocycles. The van der Waals surface area contributed by atoms with Crippen molar-refractivity contribution in [2.45, 2.75) is 19.1 Å². The van der Waals surface area contributed by atoms with E-state index in [9.17, 15) is 4.39 Å². The largest absolute Gasteiger partial charge is 0.388 e. The van der Waals surface area contributed by atoms with Crippen LogP contribution in [0.5, 0.6) is 0 Å². The van der Waals surface area contributed by atoms with Gasteiger partial charge in [0.1, 0.15) is 12.8 Å². The maximum Gasteiger partial charge on any atom is 0.118 e. The van der Waals surface area contributed by atoms with Gasteiger partial charge >= 0.3 is 0 Å². The van der Waals surface area contributed by atoms with Crippen LogP contribution in [0.2, 0.25) is 0 Å². The smallest absolute Gasteiger partial charge is 0.118 e. The van der Waals surface area contributed by atoms with E-state index in [1.807, 2.05) is 0 Å². The van der Waals surface area contributed by atoms with Gasteiger partial charge in [-0.2, -0.15) is 0 Å². The molecule has 0 aromatic heterocycles. The second-order valence-corrected chi connectivity index (χ2v) is 3.32. The fourth-order valence-corrected chi connectivity index (χ4v) is 1.29. The van der Waals surface area contributed by atoms with Crippen molar-refractivity contribution in [2.75, 3.05) is 26.4 Å². The van der Waals surface area contributed by atoms with E-state index in [-0.39, 0.29) is 12.7 Å². The Morgan fingerprint density at radius 1 is 1.67 bits per heavy atom. The molecule has 72 valence electrons. The number of rotatable bonds is 4. The maximum absolute atomic E-state index is 11.8. The minimum Gasteiger partial charge on any atom is -0.388 e. The monoisotopic (exact) mass is 177 g/mol. The van der Waals surface area contributed by atoms with Gasteiger partial charge in [0.05, 0.1) is 12.7 Å². The molecule has 0 bridgehead atoms. The van der Waals surface area contributed by atoms with Crippen LogP contribution in [0.3, 0.4) is 0 Å². The van der Waals surface area contributed by atoms with E-state index in [4.69, 9.17) is 9.84 Å². The highest BCUT2D eigenvalue weighted by Crippen LogP contribution is 2.11. The molecule has 0 aliphatic carbocycles. The third-order valence-corrected chi connectivity index (χ3v) is 2.13. The van der Waals surface area contributed by atoms with Gasteiger partial charge in [-0.1, -0.05) is 6.92 Å². The molecule has 3 nitrogen and oxygen atoms in total. The summed E-state index contributed by atoms with van der Waals surface area (Å²) >= 11 is 0. The minimum atomic E-state index is -0.960. The molecular formula is C8H16FNO2. The van der Waals surface area contributed by atoms with Crippen molar-refractivity contribution in [1.29, 1.82) is 0 Å². The molecule has 4 heteroatoms. The second kappa shape index (κ2) is 4.74. The fourth-order valence-electron chi connectivity index (χ4n) is 1.29. The van der Waals surface area contributed by atoms with Gasteiger partial charge in [-0.3, -0.25) is 0 Å². The second-order valence-electron chi connectivity index (χ2n) is 3.32. The van der Waals surface area contributed by atoms with Gasteiger partial charge in [-0.15, -0.1) is 0 Å². The Morgan fingerprint density at radius 2 is 2.42 bits per heavy atom. The zero-order chi connectivity index (χ0) is 8.97. The summed E-state index contributed by atoms with van der Waals surface area (Å²) in [7, 11) is 0. The molecule has 0 aromatic carbocycles. The van der Waals surface area contributed by atoms with Gasteiger partial charge in [0.15, 0.2) is 0 Å². The van der Waals surface area contributed by atoms with E-state index >= 15 is 0 Å². The summed E-state index contributed by atoms with van der Waals surface area (Å²) in [5.41, 5.74) is 0. The molecule has 0 amide bonds. The number of halogens is 1. The first-order valence-corrected chi connectivity index (χ1v) is 4.30. The average molecular weight is 177 g/mol. The predicted molar refractivity (Wildman–Crippen MR) is 43.8 cm³/mol. The van der Waals surface area contributed by atoms with Crippen molar-refractivity contribution in [3.05, 3.63) is 0 Å². The van der Waals surface area contributed by atoms with Gasteiger partial charge in [-0.25, -0.2) is 4.39 Å². The summed E-state index contributed by atoms with van der Waals surface area (Å²) in [5, 5.41) is 12.0. The highest BCUT2D eigenvalue weighted by molar-refractivity contribution is 4.78. The zero-order valence-corrected chi connectivity index (χ0v) is 7.29. The fraction of sp³-hybridized carbons (Fsp3) is 1.00. The van der Waals surface area contributed by atoms with Crippen LogP contribution in [0.4, 0.5) is 4.39 Å². The number of aliphatic hydroxyl groups excluding tert-OH is 1. The number of aliphatic hydroxyl groups is 1. The van der Waals surface area contributed by atoms with Crippen molar-refractivity contribution < 1.29 is 14.2 Å². The molecular weight excluding hydrogens is 161 g/mol. The molecule has 1 rings (SSSR count). The molecule has 12 heavy (non-hydrogen) atoms. The summed E-state index contributed by atoms with van der Waals surface area (Å²) in [5.74, 6) is 0.455. The molecule has 1 heterocycles. The van der Waals surface area contributed by atoms with Gasteiger partial charge in [-0.05, 0) is 5.92 Å². The molecule has 1 unspecified atom stereocenters. The van der Waals surface area contributed by atoms with E-state index in [1.54, 1.807) is 0 Å². The Bertz CT molecular complexity index is 134. The SMILES string of the molecule is C[C@@H]1CNC[C@H]1OCC(O)CF. The Labute approximate surface area is 71.9 Å². The third-order valence-electron chi connectivity index (χ3n) is 2.13. The predicted octanol–water partition coefficient (Wildman–Crippen LogP) is -0.0587. The van der Waals surface area contributed by atoms with Crippen LogP contribution in [0.15, 0.2) is 0 Å². The highest BCUT2D eigenvalue weighted by Gasteiger charge is 2.24.